The zero-order chi connectivity index (χ0) is 21.5. The third-order valence-electron chi connectivity index (χ3n) is 5.26. The Kier molecular flexibility index (Phi) is 13.3. The number of pyridine rings is 1. The molecule has 2 aromatic rings. The maximum absolute atomic E-state index is 8.81. The summed E-state index contributed by atoms with van der Waals surface area (Å²) in [6.45, 7) is 8.24. The summed E-state index contributed by atoms with van der Waals surface area (Å²) in [7, 11) is 2.04. The number of aryl methyl sites for hydroxylation is 1. The Bertz CT molecular complexity index is 678. The maximum Gasteiger partial charge on any atom is 0.116 e. The van der Waals surface area contributed by atoms with Crippen LogP contribution in [0.3, 0.4) is 0 Å². The van der Waals surface area contributed by atoms with Gasteiger partial charge in [0.05, 0.1) is 5.00 Å². The minimum Gasteiger partial charge on any atom is -0.380 e. The lowest BCUT2D eigenvalue weighted by atomic mass is 9.87. The van der Waals surface area contributed by atoms with Gasteiger partial charge in [0, 0.05) is 30.2 Å². The molecule has 0 saturated carbocycles. The Morgan fingerprint density at radius 2 is 1.83 bits per heavy atom. The number of nitrogens with one attached hydrogen (secondary N) is 1. The summed E-state index contributed by atoms with van der Waals surface area (Å²) in [6.07, 6.45) is 16.8. The number of aldehydes is 1. The molecule has 1 atom stereocenters. The van der Waals surface area contributed by atoms with E-state index in [0.29, 0.717) is 5.92 Å². The highest BCUT2D eigenvalue weighted by molar-refractivity contribution is 7.16. The molecule has 0 radical (unpaired) electrons. The molecule has 2 aromatic heterocycles. The lowest BCUT2D eigenvalue weighted by Crippen LogP contribution is -2.06. The SMILES string of the molecule is CC=O.CCCCCCC.CNc1sc2c(c1C(C)c1cccnc1)CCCC2. The Morgan fingerprint density at radius 1 is 1.17 bits per heavy atom. The number of carbonyl (C=O) groups excluding carboxylic acids is 1. The predicted molar refractivity (Wildman–Crippen MR) is 128 cm³/mol. The van der Waals surface area contributed by atoms with Crippen LogP contribution < -0.4 is 5.32 Å². The summed E-state index contributed by atoms with van der Waals surface area (Å²) in [4.78, 5) is 14.7. The van der Waals surface area contributed by atoms with Crippen LogP contribution in [0, 0.1) is 0 Å². The van der Waals surface area contributed by atoms with Crippen LogP contribution in [-0.4, -0.2) is 18.3 Å². The van der Waals surface area contributed by atoms with Crippen LogP contribution in [0.15, 0.2) is 24.5 Å². The van der Waals surface area contributed by atoms with Gasteiger partial charge in [-0.3, -0.25) is 4.98 Å². The molecule has 0 saturated heterocycles. The van der Waals surface area contributed by atoms with Crippen LogP contribution >= 0.6 is 11.3 Å². The van der Waals surface area contributed by atoms with Crippen molar-refractivity contribution in [3.63, 3.8) is 0 Å². The van der Waals surface area contributed by atoms with Gasteiger partial charge in [0.25, 0.3) is 0 Å². The average Bonchev–Trinajstić information content (AvgIpc) is 3.14. The molecule has 1 aliphatic rings. The molecule has 162 valence electrons. The number of nitrogens with zero attached hydrogens (tertiary/aromatic N) is 1. The van der Waals surface area contributed by atoms with Gasteiger partial charge >= 0.3 is 0 Å². The first-order chi connectivity index (χ1) is 14.1. The molecular formula is C25H40N2OS. The second-order valence-electron chi connectivity index (χ2n) is 7.51. The molecular weight excluding hydrogens is 376 g/mol. The van der Waals surface area contributed by atoms with Gasteiger partial charge < -0.3 is 10.1 Å². The van der Waals surface area contributed by atoms with E-state index < -0.39 is 0 Å². The number of unbranched alkanes of at least 4 members (excludes halogenated alkanes) is 4. The van der Waals surface area contributed by atoms with E-state index in [2.05, 4.69) is 37.1 Å². The van der Waals surface area contributed by atoms with Crippen LogP contribution in [0.25, 0.3) is 0 Å². The molecule has 1 aliphatic carbocycles. The van der Waals surface area contributed by atoms with Crippen molar-refractivity contribution in [3.8, 4) is 0 Å². The summed E-state index contributed by atoms with van der Waals surface area (Å²) in [5.74, 6) is 0.425. The molecule has 0 aliphatic heterocycles. The molecule has 3 nitrogen and oxygen atoms in total. The second kappa shape index (κ2) is 15.2. The van der Waals surface area contributed by atoms with E-state index in [9.17, 15) is 0 Å². The summed E-state index contributed by atoms with van der Waals surface area (Å²) in [5.41, 5.74) is 4.43. The van der Waals surface area contributed by atoms with Gasteiger partial charge in [-0.25, -0.2) is 0 Å². The van der Waals surface area contributed by atoms with E-state index in [1.807, 2.05) is 36.8 Å². The molecule has 2 heterocycles. The summed E-state index contributed by atoms with van der Waals surface area (Å²) < 4.78 is 0. The zero-order valence-corrected chi connectivity index (χ0v) is 19.9. The van der Waals surface area contributed by atoms with Crippen molar-refractivity contribution >= 4 is 22.6 Å². The van der Waals surface area contributed by atoms with Crippen LogP contribution in [0.4, 0.5) is 5.00 Å². The molecule has 0 fully saturated rings. The first-order valence-corrected chi connectivity index (χ1v) is 12.1. The fraction of sp³-hybridized carbons (Fsp3) is 0.600. The van der Waals surface area contributed by atoms with Crippen LogP contribution in [0.5, 0.6) is 0 Å². The summed E-state index contributed by atoms with van der Waals surface area (Å²) in [5, 5.41) is 4.75. The van der Waals surface area contributed by atoms with Crippen molar-refractivity contribution in [2.24, 2.45) is 0 Å². The minimum absolute atomic E-state index is 0.425. The Balaban J connectivity index is 0.000000355. The highest BCUT2D eigenvalue weighted by Gasteiger charge is 2.24. The molecule has 0 amide bonds. The van der Waals surface area contributed by atoms with Gasteiger partial charge in [-0.2, -0.15) is 0 Å². The lowest BCUT2D eigenvalue weighted by Gasteiger charge is -2.18. The van der Waals surface area contributed by atoms with Gasteiger partial charge in [-0.1, -0.05) is 58.9 Å². The maximum atomic E-state index is 8.81. The molecule has 1 unspecified atom stereocenters. The Labute approximate surface area is 182 Å². The highest BCUT2D eigenvalue weighted by atomic mass is 32.1. The molecule has 0 bridgehead atoms. The number of carbonyl (C=O) groups is 1. The number of anilines is 1. The fourth-order valence-electron chi connectivity index (χ4n) is 3.71. The molecule has 4 heteroatoms. The Morgan fingerprint density at radius 3 is 2.38 bits per heavy atom. The number of hydrogen-bond acceptors (Lipinski definition) is 4. The number of fused-ring (bicyclic) bond motifs is 1. The summed E-state index contributed by atoms with van der Waals surface area (Å²) in [6, 6.07) is 4.22. The van der Waals surface area contributed by atoms with Crippen molar-refractivity contribution in [1.82, 2.24) is 4.98 Å². The zero-order valence-electron chi connectivity index (χ0n) is 19.1. The standard InChI is InChI=1S/C16H20N2S.C7H16.C2H4O/c1-11(12-6-5-9-18-10-12)15-13-7-3-4-8-14(13)19-16(15)17-2;1-3-5-7-6-4-2;1-2-3/h5-6,9-11,17H,3-4,7-8H2,1-2H3;3-7H2,1-2H3;2H,1H3. The average molecular weight is 417 g/mol. The van der Waals surface area contributed by atoms with Crippen molar-refractivity contribution in [2.45, 2.75) is 91.4 Å². The monoisotopic (exact) mass is 416 g/mol. The van der Waals surface area contributed by atoms with Crippen molar-refractivity contribution in [3.05, 3.63) is 46.1 Å². The minimum atomic E-state index is 0.425. The molecule has 3 rings (SSSR count). The van der Waals surface area contributed by atoms with Gasteiger partial charge in [0.15, 0.2) is 0 Å². The number of rotatable bonds is 7. The van der Waals surface area contributed by atoms with Gasteiger partial charge in [-0.05, 0) is 55.4 Å². The van der Waals surface area contributed by atoms with Crippen LogP contribution in [0.2, 0.25) is 0 Å². The Hall–Kier alpha value is -1.68. The third-order valence-corrected chi connectivity index (χ3v) is 6.59. The quantitative estimate of drug-likeness (QED) is 0.378. The fourth-order valence-corrected chi connectivity index (χ4v) is 5.05. The number of hydrogen-bond donors (Lipinski definition) is 1. The smallest absolute Gasteiger partial charge is 0.116 e. The van der Waals surface area contributed by atoms with Crippen LogP contribution in [0.1, 0.15) is 100 Å². The van der Waals surface area contributed by atoms with E-state index in [4.69, 9.17) is 4.79 Å². The number of aromatic nitrogens is 1. The predicted octanol–water partition coefficient (Wildman–Crippen LogP) is 7.40. The van der Waals surface area contributed by atoms with Crippen molar-refractivity contribution in [1.29, 1.82) is 0 Å². The van der Waals surface area contributed by atoms with Crippen molar-refractivity contribution < 1.29 is 4.79 Å². The van der Waals surface area contributed by atoms with Crippen molar-refractivity contribution in [2.75, 3.05) is 12.4 Å². The molecule has 1 N–H and O–H groups in total. The van der Waals surface area contributed by atoms with E-state index in [1.54, 1.807) is 10.4 Å². The second-order valence-corrected chi connectivity index (χ2v) is 8.61. The first-order valence-electron chi connectivity index (χ1n) is 11.3. The lowest BCUT2D eigenvalue weighted by molar-refractivity contribution is -0.106. The van der Waals surface area contributed by atoms with Crippen LogP contribution in [-0.2, 0) is 17.6 Å². The van der Waals surface area contributed by atoms with E-state index in [-0.39, 0.29) is 0 Å². The highest BCUT2D eigenvalue weighted by Crippen LogP contribution is 2.43. The molecule has 0 spiro atoms. The van der Waals surface area contributed by atoms with Gasteiger partial charge in [0.2, 0.25) is 0 Å². The first kappa shape index (κ1) is 25.4. The molecule has 29 heavy (non-hydrogen) atoms. The van der Waals surface area contributed by atoms with E-state index in [0.717, 1.165) is 6.29 Å². The van der Waals surface area contributed by atoms with E-state index in [1.165, 1.54) is 80.8 Å². The summed E-state index contributed by atoms with van der Waals surface area (Å²) >= 11 is 1.95. The third kappa shape index (κ3) is 8.30. The topological polar surface area (TPSA) is 42.0 Å². The largest absolute Gasteiger partial charge is 0.380 e. The number of thiophene rings is 1. The normalized spacial score (nSPS) is 13.1. The molecule has 0 aromatic carbocycles. The van der Waals surface area contributed by atoms with E-state index >= 15 is 0 Å². The van der Waals surface area contributed by atoms with Gasteiger partial charge in [-0.15, -0.1) is 11.3 Å². The van der Waals surface area contributed by atoms with Gasteiger partial charge in [0.1, 0.15) is 6.29 Å².